The van der Waals surface area contributed by atoms with Gasteiger partial charge < -0.3 is 10.0 Å². The first-order valence-electron chi connectivity index (χ1n) is 8.68. The van der Waals surface area contributed by atoms with E-state index in [-0.39, 0.29) is 11.5 Å². The van der Waals surface area contributed by atoms with Gasteiger partial charge in [-0.15, -0.1) is 0 Å². The fraction of sp³-hybridized carbons (Fsp3) is 0.350. The van der Waals surface area contributed by atoms with Crippen molar-refractivity contribution in [3.63, 3.8) is 0 Å². The summed E-state index contributed by atoms with van der Waals surface area (Å²) in [6.45, 7) is 2.92. The first kappa shape index (κ1) is 18.4. The zero-order chi connectivity index (χ0) is 18.7. The molecule has 1 aliphatic rings. The van der Waals surface area contributed by atoms with Crippen molar-refractivity contribution in [2.24, 2.45) is 5.92 Å². The lowest BCUT2D eigenvalue weighted by Crippen LogP contribution is -2.35. The van der Waals surface area contributed by atoms with Gasteiger partial charge in [0, 0.05) is 18.1 Å². The van der Waals surface area contributed by atoms with Crippen molar-refractivity contribution in [3.8, 4) is 0 Å². The number of aryl methyl sites for hydroxylation is 1. The van der Waals surface area contributed by atoms with Gasteiger partial charge in [-0.1, -0.05) is 23.7 Å². The highest BCUT2D eigenvalue weighted by atomic mass is 35.5. The van der Waals surface area contributed by atoms with Gasteiger partial charge in [-0.3, -0.25) is 4.79 Å². The number of carbonyl (C=O) groups is 2. The summed E-state index contributed by atoms with van der Waals surface area (Å²) in [5, 5.41) is 9.81. The third kappa shape index (κ3) is 4.61. The molecule has 5 nitrogen and oxygen atoms in total. The molecule has 26 heavy (non-hydrogen) atoms. The Balaban J connectivity index is 1.73. The normalized spacial score (nSPS) is 13.5. The first-order valence-corrected chi connectivity index (χ1v) is 9.06. The minimum absolute atomic E-state index is 0.122. The van der Waals surface area contributed by atoms with Gasteiger partial charge in [-0.2, -0.15) is 0 Å². The van der Waals surface area contributed by atoms with E-state index in [4.69, 9.17) is 16.7 Å². The van der Waals surface area contributed by atoms with Crippen LogP contribution in [0.4, 0.5) is 0 Å². The number of carboxylic acid groups (broad SMARTS) is 1. The van der Waals surface area contributed by atoms with E-state index >= 15 is 0 Å². The molecule has 2 aromatic rings. The van der Waals surface area contributed by atoms with Crippen LogP contribution in [0, 0.1) is 12.8 Å². The lowest BCUT2D eigenvalue weighted by atomic mass is 10.1. The van der Waals surface area contributed by atoms with Crippen LogP contribution in [-0.2, 0) is 6.42 Å². The molecule has 0 aliphatic heterocycles. The van der Waals surface area contributed by atoms with Crippen LogP contribution in [0.2, 0.25) is 5.02 Å². The average molecular weight is 373 g/mol. The summed E-state index contributed by atoms with van der Waals surface area (Å²) < 4.78 is 0. The van der Waals surface area contributed by atoms with Crippen LogP contribution in [0.25, 0.3) is 0 Å². The monoisotopic (exact) mass is 372 g/mol. The molecule has 1 saturated carbocycles. The summed E-state index contributed by atoms with van der Waals surface area (Å²) >= 11 is 5.92. The summed E-state index contributed by atoms with van der Waals surface area (Å²) in [4.78, 5) is 30.1. The van der Waals surface area contributed by atoms with Crippen molar-refractivity contribution in [3.05, 3.63) is 63.9 Å². The van der Waals surface area contributed by atoms with Crippen LogP contribution < -0.4 is 0 Å². The fourth-order valence-electron chi connectivity index (χ4n) is 2.87. The molecule has 1 N–H and O–H groups in total. The molecule has 0 radical (unpaired) electrons. The molecular formula is C20H21ClN2O3. The molecule has 1 heterocycles. The Labute approximate surface area is 157 Å². The number of carboxylic acids is 1. The lowest BCUT2D eigenvalue weighted by molar-refractivity contribution is 0.0691. The summed E-state index contributed by atoms with van der Waals surface area (Å²) in [7, 11) is 0. The van der Waals surface area contributed by atoms with Crippen LogP contribution in [-0.4, -0.2) is 40.0 Å². The number of hydrogen-bond acceptors (Lipinski definition) is 3. The number of nitrogens with zero attached hydrogens (tertiary/aromatic N) is 2. The van der Waals surface area contributed by atoms with E-state index in [1.807, 2.05) is 29.2 Å². The molecule has 0 unspecified atom stereocenters. The molecule has 1 amide bonds. The predicted molar refractivity (Wildman–Crippen MR) is 99.7 cm³/mol. The van der Waals surface area contributed by atoms with E-state index in [1.54, 1.807) is 6.92 Å². The summed E-state index contributed by atoms with van der Waals surface area (Å²) in [5.74, 6) is -0.624. The molecule has 0 spiro atoms. The molecule has 6 heteroatoms. The van der Waals surface area contributed by atoms with Gasteiger partial charge in [-0.25, -0.2) is 9.78 Å². The molecule has 1 fully saturated rings. The largest absolute Gasteiger partial charge is 0.478 e. The Morgan fingerprint density at radius 1 is 1.19 bits per heavy atom. The molecule has 0 bridgehead atoms. The topological polar surface area (TPSA) is 70.5 Å². The maximum atomic E-state index is 12.9. The molecule has 1 aromatic heterocycles. The van der Waals surface area contributed by atoms with E-state index in [2.05, 4.69) is 4.98 Å². The van der Waals surface area contributed by atoms with Crippen molar-refractivity contribution in [1.29, 1.82) is 0 Å². The second-order valence-corrected chi connectivity index (χ2v) is 7.14. The Morgan fingerprint density at radius 2 is 1.88 bits per heavy atom. The molecule has 3 rings (SSSR count). The van der Waals surface area contributed by atoms with Crippen molar-refractivity contribution >= 4 is 23.5 Å². The van der Waals surface area contributed by atoms with E-state index in [0.717, 1.165) is 24.8 Å². The fourth-order valence-corrected chi connectivity index (χ4v) is 3.00. The first-order chi connectivity index (χ1) is 12.4. The number of carbonyl (C=O) groups excluding carboxylic acids is 1. The average Bonchev–Trinajstić information content (AvgIpc) is 3.43. The standard InChI is InChI=1S/C20H21ClN2O3/c1-13-17(20(25)26)8-9-18(22-13)19(24)23(12-15-2-3-15)11-10-14-4-6-16(21)7-5-14/h4-9,15H,2-3,10-12H2,1H3,(H,25,26). The second-order valence-electron chi connectivity index (χ2n) is 6.71. The predicted octanol–water partition coefficient (Wildman–Crippen LogP) is 3.84. The smallest absolute Gasteiger partial charge is 0.337 e. The number of rotatable bonds is 7. The Kier molecular flexibility index (Phi) is 5.57. The third-order valence-electron chi connectivity index (χ3n) is 4.58. The molecule has 1 aliphatic carbocycles. The van der Waals surface area contributed by atoms with Gasteiger partial charge in [0.25, 0.3) is 5.91 Å². The molecular weight excluding hydrogens is 352 g/mol. The van der Waals surface area contributed by atoms with E-state index < -0.39 is 5.97 Å². The quantitative estimate of drug-likeness (QED) is 0.801. The highest BCUT2D eigenvalue weighted by Gasteiger charge is 2.28. The van der Waals surface area contributed by atoms with Gasteiger partial charge in [0.05, 0.1) is 11.3 Å². The van der Waals surface area contributed by atoms with Gasteiger partial charge in [0.1, 0.15) is 5.69 Å². The zero-order valence-electron chi connectivity index (χ0n) is 14.6. The Morgan fingerprint density at radius 3 is 2.46 bits per heavy atom. The molecule has 0 atom stereocenters. The highest BCUT2D eigenvalue weighted by Crippen LogP contribution is 2.30. The minimum Gasteiger partial charge on any atom is -0.478 e. The number of halogens is 1. The van der Waals surface area contributed by atoms with E-state index in [9.17, 15) is 9.59 Å². The van der Waals surface area contributed by atoms with Crippen molar-refractivity contribution in [2.45, 2.75) is 26.2 Å². The zero-order valence-corrected chi connectivity index (χ0v) is 15.4. The van der Waals surface area contributed by atoms with Gasteiger partial charge in [-0.05, 0) is 61.9 Å². The van der Waals surface area contributed by atoms with Crippen LogP contribution in [0.15, 0.2) is 36.4 Å². The number of aromatic nitrogens is 1. The van der Waals surface area contributed by atoms with Crippen molar-refractivity contribution in [2.75, 3.05) is 13.1 Å². The maximum Gasteiger partial charge on any atom is 0.337 e. The number of hydrogen-bond donors (Lipinski definition) is 1. The summed E-state index contributed by atoms with van der Waals surface area (Å²) in [6.07, 6.45) is 3.03. The summed E-state index contributed by atoms with van der Waals surface area (Å²) in [5.41, 5.74) is 1.89. The van der Waals surface area contributed by atoms with E-state index in [0.29, 0.717) is 35.4 Å². The maximum absolute atomic E-state index is 12.9. The van der Waals surface area contributed by atoms with Crippen LogP contribution in [0.5, 0.6) is 0 Å². The lowest BCUT2D eigenvalue weighted by Gasteiger charge is -2.22. The van der Waals surface area contributed by atoms with Gasteiger partial charge in [0.2, 0.25) is 0 Å². The van der Waals surface area contributed by atoms with Crippen LogP contribution in [0.1, 0.15) is 44.9 Å². The Hall–Kier alpha value is -2.40. The SMILES string of the molecule is Cc1nc(C(=O)N(CCc2ccc(Cl)cc2)CC2CC2)ccc1C(=O)O. The minimum atomic E-state index is -1.04. The second kappa shape index (κ2) is 7.87. The van der Waals surface area contributed by atoms with E-state index in [1.165, 1.54) is 12.1 Å². The van der Waals surface area contributed by atoms with Gasteiger partial charge >= 0.3 is 5.97 Å². The highest BCUT2D eigenvalue weighted by molar-refractivity contribution is 6.30. The van der Waals surface area contributed by atoms with Crippen molar-refractivity contribution in [1.82, 2.24) is 9.88 Å². The van der Waals surface area contributed by atoms with Crippen LogP contribution in [0.3, 0.4) is 0 Å². The van der Waals surface area contributed by atoms with Gasteiger partial charge in [0.15, 0.2) is 0 Å². The Bertz CT molecular complexity index is 816. The van der Waals surface area contributed by atoms with Crippen LogP contribution >= 0.6 is 11.6 Å². The third-order valence-corrected chi connectivity index (χ3v) is 4.83. The molecule has 0 saturated heterocycles. The number of aromatic carboxylic acids is 1. The number of pyridine rings is 1. The molecule has 136 valence electrons. The molecule has 1 aromatic carbocycles. The summed E-state index contributed by atoms with van der Waals surface area (Å²) in [6, 6.07) is 10.6. The number of amides is 1. The van der Waals surface area contributed by atoms with Crippen molar-refractivity contribution < 1.29 is 14.7 Å². The number of benzene rings is 1.